The topological polar surface area (TPSA) is 49.4 Å². The maximum Gasteiger partial charge on any atom is 0.418 e. The van der Waals surface area contributed by atoms with E-state index in [0.29, 0.717) is 0 Å². The van der Waals surface area contributed by atoms with E-state index in [2.05, 4.69) is 5.32 Å². The van der Waals surface area contributed by atoms with Crippen molar-refractivity contribution >= 4 is 23.2 Å². The average Bonchev–Trinajstić information content (AvgIpc) is 2.96. The Morgan fingerprint density at radius 1 is 1.15 bits per heavy atom. The molecular formula is C20H19F3N2O2. The molecule has 1 saturated heterocycles. The van der Waals surface area contributed by atoms with Crippen LogP contribution in [0.15, 0.2) is 42.5 Å². The molecule has 2 aromatic carbocycles. The first-order valence-electron chi connectivity index (χ1n) is 8.51. The molecule has 1 fully saturated rings. The predicted octanol–water partition coefficient (Wildman–Crippen LogP) is 4.31. The van der Waals surface area contributed by atoms with E-state index in [9.17, 15) is 22.8 Å². The highest BCUT2D eigenvalue weighted by molar-refractivity contribution is 6.04. The standard InChI is InChI=1S/C20H19F3N2O2/c1-12-7-8-17(13(2)9-12)25-11-14(10-18(25)26)19(27)24-16-6-4-3-5-15(16)20(21,22)23/h3-9,14H,10-11H2,1-2H3,(H,24,27)/t14-/m0/s1. The van der Waals surface area contributed by atoms with Gasteiger partial charge in [-0.2, -0.15) is 13.2 Å². The Labute approximate surface area is 155 Å². The third-order valence-electron chi connectivity index (χ3n) is 4.63. The number of amides is 2. The van der Waals surface area contributed by atoms with Crippen LogP contribution in [0, 0.1) is 19.8 Å². The van der Waals surface area contributed by atoms with Gasteiger partial charge in [-0.25, -0.2) is 0 Å². The molecule has 4 nitrogen and oxygen atoms in total. The van der Waals surface area contributed by atoms with Gasteiger partial charge in [0.25, 0.3) is 0 Å². The summed E-state index contributed by atoms with van der Waals surface area (Å²) in [7, 11) is 0. The molecule has 7 heteroatoms. The summed E-state index contributed by atoms with van der Waals surface area (Å²) in [6.45, 7) is 3.96. The number of carbonyl (C=O) groups is 2. The lowest BCUT2D eigenvalue weighted by atomic mass is 10.1. The zero-order valence-electron chi connectivity index (χ0n) is 14.9. The Balaban J connectivity index is 1.77. The number of para-hydroxylation sites is 1. The molecule has 0 unspecified atom stereocenters. The van der Waals surface area contributed by atoms with E-state index in [4.69, 9.17) is 0 Å². The summed E-state index contributed by atoms with van der Waals surface area (Å²) in [6.07, 6.45) is -4.60. The fourth-order valence-corrected chi connectivity index (χ4v) is 3.30. The number of hydrogen-bond donors (Lipinski definition) is 1. The molecule has 142 valence electrons. The summed E-state index contributed by atoms with van der Waals surface area (Å²) < 4.78 is 39.3. The third-order valence-corrected chi connectivity index (χ3v) is 4.63. The number of carbonyl (C=O) groups excluding carboxylic acids is 2. The van der Waals surface area contributed by atoms with Gasteiger partial charge in [0.05, 0.1) is 17.2 Å². The molecule has 1 heterocycles. The lowest BCUT2D eigenvalue weighted by Crippen LogP contribution is -2.29. The van der Waals surface area contributed by atoms with Gasteiger partial charge in [-0.1, -0.05) is 29.8 Å². The van der Waals surface area contributed by atoms with Crippen LogP contribution in [0.2, 0.25) is 0 Å². The smallest absolute Gasteiger partial charge is 0.325 e. The normalized spacial score (nSPS) is 17.3. The van der Waals surface area contributed by atoms with E-state index >= 15 is 0 Å². The van der Waals surface area contributed by atoms with Crippen LogP contribution in [-0.4, -0.2) is 18.4 Å². The number of aryl methyl sites for hydroxylation is 2. The molecule has 2 amide bonds. The van der Waals surface area contributed by atoms with Gasteiger partial charge >= 0.3 is 6.18 Å². The summed E-state index contributed by atoms with van der Waals surface area (Å²) in [6, 6.07) is 10.4. The van der Waals surface area contributed by atoms with Crippen LogP contribution in [0.3, 0.4) is 0 Å². The Morgan fingerprint density at radius 3 is 2.52 bits per heavy atom. The van der Waals surface area contributed by atoms with Crippen LogP contribution < -0.4 is 10.2 Å². The van der Waals surface area contributed by atoms with Crippen molar-refractivity contribution < 1.29 is 22.8 Å². The average molecular weight is 376 g/mol. The Bertz CT molecular complexity index is 893. The van der Waals surface area contributed by atoms with Gasteiger partial charge in [0.2, 0.25) is 11.8 Å². The maximum atomic E-state index is 13.1. The summed E-state index contributed by atoms with van der Waals surface area (Å²) in [5.41, 5.74) is 1.48. The molecule has 1 atom stereocenters. The van der Waals surface area contributed by atoms with Crippen molar-refractivity contribution in [2.24, 2.45) is 5.92 Å². The highest BCUT2D eigenvalue weighted by Gasteiger charge is 2.38. The number of alkyl halides is 3. The highest BCUT2D eigenvalue weighted by atomic mass is 19.4. The second-order valence-electron chi connectivity index (χ2n) is 6.73. The fraction of sp³-hybridized carbons (Fsp3) is 0.300. The summed E-state index contributed by atoms with van der Waals surface area (Å²) in [4.78, 5) is 26.4. The molecule has 1 aliphatic rings. The van der Waals surface area contributed by atoms with E-state index in [-0.39, 0.29) is 24.6 Å². The van der Waals surface area contributed by atoms with Crippen LogP contribution in [0.25, 0.3) is 0 Å². The number of nitrogens with zero attached hydrogens (tertiary/aromatic N) is 1. The molecule has 0 spiro atoms. The minimum Gasteiger partial charge on any atom is -0.325 e. The molecule has 3 rings (SSSR count). The SMILES string of the molecule is Cc1ccc(N2C[C@@H](C(=O)Nc3ccccc3C(F)(F)F)CC2=O)c(C)c1. The molecule has 2 aromatic rings. The van der Waals surface area contributed by atoms with Gasteiger partial charge in [-0.3, -0.25) is 9.59 Å². The van der Waals surface area contributed by atoms with Crippen LogP contribution in [0.1, 0.15) is 23.1 Å². The monoisotopic (exact) mass is 376 g/mol. The molecule has 0 aromatic heterocycles. The highest BCUT2D eigenvalue weighted by Crippen LogP contribution is 2.35. The van der Waals surface area contributed by atoms with Crippen LogP contribution in [-0.2, 0) is 15.8 Å². The van der Waals surface area contributed by atoms with Crippen molar-refractivity contribution in [2.75, 3.05) is 16.8 Å². The van der Waals surface area contributed by atoms with Crippen LogP contribution in [0.5, 0.6) is 0 Å². The van der Waals surface area contributed by atoms with Crippen molar-refractivity contribution in [1.29, 1.82) is 0 Å². The van der Waals surface area contributed by atoms with E-state index in [0.717, 1.165) is 22.9 Å². The molecule has 0 radical (unpaired) electrons. The van der Waals surface area contributed by atoms with Crippen molar-refractivity contribution in [3.8, 4) is 0 Å². The zero-order chi connectivity index (χ0) is 19.8. The number of benzene rings is 2. The number of nitrogens with one attached hydrogen (secondary N) is 1. The number of rotatable bonds is 3. The van der Waals surface area contributed by atoms with Crippen molar-refractivity contribution in [3.63, 3.8) is 0 Å². The first kappa shape index (κ1) is 18.9. The van der Waals surface area contributed by atoms with Gasteiger partial charge in [-0.15, -0.1) is 0 Å². The molecule has 1 N–H and O–H groups in total. The van der Waals surface area contributed by atoms with Crippen LogP contribution >= 0.6 is 0 Å². The van der Waals surface area contributed by atoms with Gasteiger partial charge in [0.1, 0.15) is 0 Å². The van der Waals surface area contributed by atoms with Crippen molar-refractivity contribution in [3.05, 3.63) is 59.2 Å². The molecular weight excluding hydrogens is 357 g/mol. The first-order valence-corrected chi connectivity index (χ1v) is 8.51. The molecule has 0 aliphatic carbocycles. The van der Waals surface area contributed by atoms with Gasteiger partial charge in [0, 0.05) is 18.7 Å². The largest absolute Gasteiger partial charge is 0.418 e. The Morgan fingerprint density at radius 2 is 1.85 bits per heavy atom. The minimum absolute atomic E-state index is 0.0344. The summed E-state index contributed by atoms with van der Waals surface area (Å²) >= 11 is 0. The Kier molecular flexibility index (Phi) is 4.95. The lowest BCUT2D eigenvalue weighted by Gasteiger charge is -2.20. The van der Waals surface area contributed by atoms with Crippen molar-refractivity contribution in [2.45, 2.75) is 26.4 Å². The van der Waals surface area contributed by atoms with Crippen molar-refractivity contribution in [1.82, 2.24) is 0 Å². The molecule has 27 heavy (non-hydrogen) atoms. The summed E-state index contributed by atoms with van der Waals surface area (Å²) in [5.74, 6) is -1.52. The zero-order valence-corrected chi connectivity index (χ0v) is 14.9. The number of hydrogen-bond acceptors (Lipinski definition) is 2. The molecule has 1 aliphatic heterocycles. The predicted molar refractivity (Wildman–Crippen MR) is 96.4 cm³/mol. The van der Waals surface area contributed by atoms with Gasteiger partial charge < -0.3 is 10.2 Å². The molecule has 0 saturated carbocycles. The second kappa shape index (κ2) is 7.06. The lowest BCUT2D eigenvalue weighted by molar-refractivity contribution is -0.137. The van der Waals surface area contributed by atoms with E-state index in [1.165, 1.54) is 23.1 Å². The van der Waals surface area contributed by atoms with E-state index in [1.807, 2.05) is 32.0 Å². The maximum absolute atomic E-state index is 13.1. The fourth-order valence-electron chi connectivity index (χ4n) is 3.30. The number of anilines is 2. The quantitative estimate of drug-likeness (QED) is 0.868. The van der Waals surface area contributed by atoms with E-state index < -0.39 is 23.6 Å². The molecule has 0 bridgehead atoms. The Hall–Kier alpha value is -2.83. The van der Waals surface area contributed by atoms with Gasteiger partial charge in [-0.05, 0) is 37.6 Å². The summed E-state index contributed by atoms with van der Waals surface area (Å²) in [5, 5.41) is 2.34. The van der Waals surface area contributed by atoms with Gasteiger partial charge in [0.15, 0.2) is 0 Å². The minimum atomic E-state index is -4.57. The number of halogens is 3. The first-order chi connectivity index (χ1) is 12.7. The van der Waals surface area contributed by atoms with Crippen LogP contribution in [0.4, 0.5) is 24.5 Å². The third kappa shape index (κ3) is 3.97. The second-order valence-corrected chi connectivity index (χ2v) is 6.73. The van der Waals surface area contributed by atoms with E-state index in [1.54, 1.807) is 0 Å².